The van der Waals surface area contributed by atoms with E-state index in [1.54, 1.807) is 0 Å². The number of hydrogen-bond acceptors (Lipinski definition) is 4. The molecule has 0 saturated heterocycles. The number of hydrogen-bond donors (Lipinski definition) is 1. The van der Waals surface area contributed by atoms with E-state index in [1.807, 2.05) is 14.0 Å². The Balaban J connectivity index is 2.55. The number of unbranched alkanes of at least 4 members (excludes halogenated alkanes) is 1. The fourth-order valence-electron chi connectivity index (χ4n) is 2.54. The molecule has 1 aliphatic carbocycles. The second-order valence-corrected chi connectivity index (χ2v) is 5.00. The lowest BCUT2D eigenvalue weighted by atomic mass is 9.80. The van der Waals surface area contributed by atoms with Gasteiger partial charge in [-0.25, -0.2) is 0 Å². The lowest BCUT2D eigenvalue weighted by Gasteiger charge is -2.38. The Bertz CT molecular complexity index is 257. The van der Waals surface area contributed by atoms with E-state index in [2.05, 4.69) is 12.2 Å². The first-order valence-electron chi connectivity index (χ1n) is 7.16. The van der Waals surface area contributed by atoms with E-state index in [0.29, 0.717) is 6.61 Å². The molecule has 1 rings (SSSR count). The van der Waals surface area contributed by atoms with Crippen LogP contribution in [0.1, 0.15) is 52.4 Å². The van der Waals surface area contributed by atoms with Gasteiger partial charge in [0.2, 0.25) is 0 Å². The molecule has 4 nitrogen and oxygen atoms in total. The molecule has 1 N–H and O–H groups in total. The van der Waals surface area contributed by atoms with Gasteiger partial charge in [0.1, 0.15) is 5.54 Å². The lowest BCUT2D eigenvalue weighted by molar-refractivity contribution is -0.155. The van der Waals surface area contributed by atoms with E-state index in [-0.39, 0.29) is 12.1 Å². The third-order valence-electron chi connectivity index (χ3n) is 3.70. The largest absolute Gasteiger partial charge is 0.465 e. The summed E-state index contributed by atoms with van der Waals surface area (Å²) >= 11 is 0. The van der Waals surface area contributed by atoms with Crippen LogP contribution in [0.4, 0.5) is 0 Å². The van der Waals surface area contributed by atoms with Crippen LogP contribution in [-0.2, 0) is 14.3 Å². The molecule has 0 aliphatic heterocycles. The molecule has 0 aromatic carbocycles. The minimum atomic E-state index is -0.537. The summed E-state index contributed by atoms with van der Waals surface area (Å²) in [6.07, 6.45) is 6.04. The first-order valence-corrected chi connectivity index (χ1v) is 7.16. The van der Waals surface area contributed by atoms with Crippen LogP contribution in [0.2, 0.25) is 0 Å². The first kappa shape index (κ1) is 15.4. The minimum absolute atomic E-state index is 0.128. The minimum Gasteiger partial charge on any atom is -0.465 e. The van der Waals surface area contributed by atoms with Gasteiger partial charge in [-0.3, -0.25) is 4.79 Å². The second kappa shape index (κ2) is 7.74. The van der Waals surface area contributed by atoms with Crippen LogP contribution in [0, 0.1) is 0 Å². The summed E-state index contributed by atoms with van der Waals surface area (Å²) in [6, 6.07) is 0. The number of esters is 1. The van der Waals surface area contributed by atoms with Gasteiger partial charge in [-0.1, -0.05) is 13.3 Å². The summed E-state index contributed by atoms with van der Waals surface area (Å²) in [5.74, 6) is -0.128. The Kier molecular flexibility index (Phi) is 6.65. The molecule has 1 saturated carbocycles. The molecule has 2 unspecified atom stereocenters. The summed E-state index contributed by atoms with van der Waals surface area (Å²) < 4.78 is 11.1. The number of carbonyl (C=O) groups is 1. The maximum atomic E-state index is 12.1. The Labute approximate surface area is 110 Å². The Morgan fingerprint density at radius 3 is 2.83 bits per heavy atom. The molecule has 0 bridgehead atoms. The van der Waals surface area contributed by atoms with Gasteiger partial charge in [0.25, 0.3) is 0 Å². The summed E-state index contributed by atoms with van der Waals surface area (Å²) in [5, 5.41) is 3.17. The van der Waals surface area contributed by atoms with Gasteiger partial charge in [-0.15, -0.1) is 0 Å². The van der Waals surface area contributed by atoms with Gasteiger partial charge < -0.3 is 14.8 Å². The van der Waals surface area contributed by atoms with Crippen LogP contribution >= 0.6 is 0 Å². The van der Waals surface area contributed by atoms with Crippen molar-refractivity contribution >= 4 is 5.97 Å². The summed E-state index contributed by atoms with van der Waals surface area (Å²) in [5.41, 5.74) is -0.537. The van der Waals surface area contributed by atoms with Gasteiger partial charge in [0.05, 0.1) is 12.7 Å². The summed E-state index contributed by atoms with van der Waals surface area (Å²) in [6.45, 7) is 5.23. The average molecular weight is 257 g/mol. The van der Waals surface area contributed by atoms with E-state index >= 15 is 0 Å². The fraction of sp³-hybridized carbons (Fsp3) is 0.929. The van der Waals surface area contributed by atoms with Crippen LogP contribution in [0.25, 0.3) is 0 Å². The van der Waals surface area contributed by atoms with Crippen LogP contribution < -0.4 is 5.32 Å². The molecule has 1 aliphatic rings. The molecule has 0 spiro atoms. The van der Waals surface area contributed by atoms with Crippen molar-refractivity contribution in [3.8, 4) is 0 Å². The van der Waals surface area contributed by atoms with Crippen molar-refractivity contribution in [2.24, 2.45) is 0 Å². The molecule has 18 heavy (non-hydrogen) atoms. The number of carbonyl (C=O) groups excluding carboxylic acids is 1. The highest BCUT2D eigenvalue weighted by Gasteiger charge is 2.43. The van der Waals surface area contributed by atoms with E-state index in [4.69, 9.17) is 9.47 Å². The zero-order chi connectivity index (χ0) is 13.4. The first-order chi connectivity index (χ1) is 8.68. The normalized spacial score (nSPS) is 28.1. The quantitative estimate of drug-likeness (QED) is 0.561. The Morgan fingerprint density at radius 1 is 1.44 bits per heavy atom. The van der Waals surface area contributed by atoms with Gasteiger partial charge in [-0.05, 0) is 39.7 Å². The van der Waals surface area contributed by atoms with Crippen molar-refractivity contribution in [1.82, 2.24) is 5.32 Å². The zero-order valence-corrected chi connectivity index (χ0v) is 12.0. The van der Waals surface area contributed by atoms with Gasteiger partial charge in [0.15, 0.2) is 0 Å². The van der Waals surface area contributed by atoms with Crippen molar-refractivity contribution in [3.05, 3.63) is 0 Å². The molecule has 0 aromatic heterocycles. The Morgan fingerprint density at radius 2 is 2.22 bits per heavy atom. The smallest absolute Gasteiger partial charge is 0.326 e. The van der Waals surface area contributed by atoms with E-state index in [9.17, 15) is 4.79 Å². The monoisotopic (exact) mass is 257 g/mol. The average Bonchev–Trinajstić information content (AvgIpc) is 2.39. The highest BCUT2D eigenvalue weighted by molar-refractivity contribution is 5.81. The van der Waals surface area contributed by atoms with Gasteiger partial charge in [0, 0.05) is 13.0 Å². The zero-order valence-electron chi connectivity index (χ0n) is 12.0. The molecular formula is C14H27NO3. The maximum Gasteiger partial charge on any atom is 0.326 e. The highest BCUT2D eigenvalue weighted by Crippen LogP contribution is 2.31. The molecular weight excluding hydrogens is 230 g/mol. The SMILES string of the molecule is CCCCOC1CCCC(NC)(C(=O)OCC)C1. The summed E-state index contributed by atoms with van der Waals surface area (Å²) in [4.78, 5) is 12.1. The van der Waals surface area contributed by atoms with Crippen molar-refractivity contribution in [2.45, 2.75) is 64.0 Å². The standard InChI is InChI=1S/C14H27NO3/c1-4-6-10-18-12-8-7-9-14(11-12,15-3)13(16)17-5-2/h12,15H,4-11H2,1-3H3. The van der Waals surface area contributed by atoms with E-state index in [1.165, 1.54) is 0 Å². The second-order valence-electron chi connectivity index (χ2n) is 5.00. The predicted octanol–water partition coefficient (Wildman–Crippen LogP) is 2.27. The number of nitrogens with one attached hydrogen (secondary N) is 1. The van der Waals surface area contributed by atoms with Crippen LogP contribution in [0.15, 0.2) is 0 Å². The Hall–Kier alpha value is -0.610. The van der Waals surface area contributed by atoms with Crippen molar-refractivity contribution in [3.63, 3.8) is 0 Å². The molecule has 0 aromatic rings. The van der Waals surface area contributed by atoms with Crippen LogP contribution in [0.5, 0.6) is 0 Å². The highest BCUT2D eigenvalue weighted by atomic mass is 16.5. The molecule has 4 heteroatoms. The van der Waals surface area contributed by atoms with Crippen LogP contribution in [-0.4, -0.2) is 37.9 Å². The van der Waals surface area contributed by atoms with Crippen molar-refractivity contribution in [2.75, 3.05) is 20.3 Å². The third kappa shape index (κ3) is 3.95. The van der Waals surface area contributed by atoms with E-state index in [0.717, 1.165) is 45.1 Å². The third-order valence-corrected chi connectivity index (χ3v) is 3.70. The van der Waals surface area contributed by atoms with Crippen molar-refractivity contribution in [1.29, 1.82) is 0 Å². The topological polar surface area (TPSA) is 47.6 Å². The van der Waals surface area contributed by atoms with Gasteiger partial charge in [-0.2, -0.15) is 0 Å². The number of likely N-dealkylation sites (N-methyl/N-ethyl adjacent to an activating group) is 1. The predicted molar refractivity (Wildman–Crippen MR) is 71.5 cm³/mol. The summed E-state index contributed by atoms with van der Waals surface area (Å²) in [7, 11) is 1.84. The van der Waals surface area contributed by atoms with Crippen LogP contribution in [0.3, 0.4) is 0 Å². The molecule has 0 heterocycles. The van der Waals surface area contributed by atoms with Crippen molar-refractivity contribution < 1.29 is 14.3 Å². The van der Waals surface area contributed by atoms with Gasteiger partial charge >= 0.3 is 5.97 Å². The molecule has 1 fully saturated rings. The number of rotatable bonds is 7. The number of ether oxygens (including phenoxy) is 2. The molecule has 2 atom stereocenters. The fourth-order valence-corrected chi connectivity index (χ4v) is 2.54. The maximum absolute atomic E-state index is 12.1. The molecule has 0 amide bonds. The molecule has 0 radical (unpaired) electrons. The van der Waals surface area contributed by atoms with E-state index < -0.39 is 5.54 Å². The molecule has 106 valence electrons. The lowest BCUT2D eigenvalue weighted by Crippen LogP contribution is -2.55.